The van der Waals surface area contributed by atoms with Gasteiger partial charge < -0.3 is 0 Å². The molecule has 0 atom stereocenters. The second kappa shape index (κ2) is 14.4. The molecule has 0 spiro atoms. The molecule has 0 fully saturated rings. The van der Waals surface area contributed by atoms with Gasteiger partial charge in [0.2, 0.25) is 0 Å². The first-order valence-electron chi connectivity index (χ1n) is 15.9. The maximum absolute atomic E-state index is 14.2. The summed E-state index contributed by atoms with van der Waals surface area (Å²) in [6, 6.07) is 42.2. The minimum atomic E-state index is -4.57. The van der Waals surface area contributed by atoms with E-state index < -0.39 is 31.4 Å². The van der Waals surface area contributed by atoms with Gasteiger partial charge in [-0.1, -0.05) is 127 Å². The molecule has 248 valence electrons. The molecule has 6 aromatic rings. The fourth-order valence-corrected chi connectivity index (χ4v) is 8.90. The third-order valence-corrected chi connectivity index (χ3v) is 11.2. The molecule has 0 bridgehead atoms. The summed E-state index contributed by atoms with van der Waals surface area (Å²) in [5.74, 6) is 0. The Bertz CT molecular complexity index is 1910. The van der Waals surface area contributed by atoms with Crippen molar-refractivity contribution in [3.8, 4) is 0 Å². The normalized spacial score (nSPS) is 12.0. The molecule has 6 aromatic carbocycles. The minimum absolute atomic E-state index is 0.230. The van der Waals surface area contributed by atoms with Crippen molar-refractivity contribution in [3.63, 3.8) is 0 Å². The zero-order valence-corrected chi connectivity index (χ0v) is 27.6. The van der Waals surface area contributed by atoms with E-state index in [1.165, 1.54) is 12.1 Å². The van der Waals surface area contributed by atoms with Crippen LogP contribution in [0.3, 0.4) is 0 Å². The molecule has 0 aliphatic carbocycles. The molecule has 7 heteroatoms. The van der Waals surface area contributed by atoms with Crippen LogP contribution >= 0.6 is 7.92 Å². The highest BCUT2D eigenvalue weighted by atomic mass is 31.1. The van der Waals surface area contributed by atoms with E-state index in [-0.39, 0.29) is 12.8 Å². The second-order valence-corrected chi connectivity index (χ2v) is 14.3. The summed E-state index contributed by atoms with van der Waals surface area (Å²) < 4.78 is 85.2. The van der Waals surface area contributed by atoms with E-state index in [9.17, 15) is 26.3 Å². The van der Waals surface area contributed by atoms with Gasteiger partial charge in [-0.3, -0.25) is 0 Å². The van der Waals surface area contributed by atoms with Crippen LogP contribution in [0, 0.1) is 6.92 Å². The summed E-state index contributed by atoms with van der Waals surface area (Å²) in [4.78, 5) is 0. The van der Waals surface area contributed by atoms with Crippen LogP contribution in [0.2, 0.25) is 0 Å². The van der Waals surface area contributed by atoms with Crippen molar-refractivity contribution in [3.05, 3.63) is 196 Å². The minimum Gasteiger partial charge on any atom is -0.166 e. The lowest BCUT2D eigenvalue weighted by atomic mass is 10.0. The average molecular weight is 683 g/mol. The summed E-state index contributed by atoms with van der Waals surface area (Å²) >= 11 is 0. The number of alkyl halides is 6. The Kier molecular flexibility index (Phi) is 10.1. The molecule has 0 N–H and O–H groups in total. The number of rotatable bonds is 9. The number of aryl methyl sites for hydroxylation is 1. The van der Waals surface area contributed by atoms with E-state index in [2.05, 4.69) is 6.07 Å². The third kappa shape index (κ3) is 8.32. The molecule has 0 unspecified atom stereocenters. The van der Waals surface area contributed by atoms with E-state index in [4.69, 9.17) is 0 Å². The Morgan fingerprint density at radius 2 is 0.735 bits per heavy atom. The predicted molar refractivity (Wildman–Crippen MR) is 188 cm³/mol. The van der Waals surface area contributed by atoms with E-state index in [0.29, 0.717) is 28.2 Å². The standard InChI is InChI=1S/C42H33F6P/c1-29-17-20-38(33(23-29)24-30-11-5-2-6-12-30)49(39-21-18-36(41(43,44)45)27-34(39)25-31-13-7-3-8-14-31)40-22-19-37(42(46,47)48)28-35(40)26-32-15-9-4-10-16-32/h2-23,27-28H,24-26H2,1H3. The van der Waals surface area contributed by atoms with Crippen LogP contribution in [-0.4, -0.2) is 0 Å². The largest absolute Gasteiger partial charge is 0.416 e. The quantitative estimate of drug-likeness (QED) is 0.105. The van der Waals surface area contributed by atoms with Crippen molar-refractivity contribution in [1.82, 2.24) is 0 Å². The number of benzene rings is 6. The molecule has 0 saturated heterocycles. The highest BCUT2D eigenvalue weighted by molar-refractivity contribution is 7.80. The van der Waals surface area contributed by atoms with Crippen molar-refractivity contribution in [1.29, 1.82) is 0 Å². The van der Waals surface area contributed by atoms with Crippen molar-refractivity contribution in [2.45, 2.75) is 38.5 Å². The Hall–Kier alpha value is -4.67. The summed E-state index contributed by atoms with van der Waals surface area (Å²) in [7, 11) is -1.64. The van der Waals surface area contributed by atoms with Crippen LogP contribution in [-0.2, 0) is 31.6 Å². The van der Waals surface area contributed by atoms with E-state index >= 15 is 0 Å². The monoisotopic (exact) mass is 682 g/mol. The molecule has 0 heterocycles. The van der Waals surface area contributed by atoms with Gasteiger partial charge in [0.15, 0.2) is 0 Å². The van der Waals surface area contributed by atoms with Crippen LogP contribution in [0.25, 0.3) is 0 Å². The third-order valence-electron chi connectivity index (χ3n) is 8.48. The molecule has 0 aromatic heterocycles. The highest BCUT2D eigenvalue weighted by Gasteiger charge is 2.35. The van der Waals surface area contributed by atoms with Crippen molar-refractivity contribution >= 4 is 23.8 Å². The summed E-state index contributed by atoms with van der Waals surface area (Å²) in [6.07, 6.45) is -8.12. The second-order valence-electron chi connectivity index (χ2n) is 12.1. The maximum atomic E-state index is 14.2. The molecule has 0 aliphatic rings. The molecule has 0 aliphatic heterocycles. The number of hydrogen-bond donors (Lipinski definition) is 0. The predicted octanol–water partition coefficient (Wildman–Crippen LogP) is 10.6. The summed E-state index contributed by atoms with van der Waals surface area (Å²) in [5, 5.41) is 2.26. The van der Waals surface area contributed by atoms with E-state index in [1.807, 2.05) is 110 Å². The zero-order chi connectivity index (χ0) is 34.6. The first kappa shape index (κ1) is 34.2. The van der Waals surface area contributed by atoms with Crippen molar-refractivity contribution in [2.75, 3.05) is 0 Å². The summed E-state index contributed by atoms with van der Waals surface area (Å²) in [5.41, 5.74) is 4.18. The number of halogens is 6. The molecular weight excluding hydrogens is 649 g/mol. The molecule has 0 saturated carbocycles. The van der Waals surface area contributed by atoms with Gasteiger partial charge in [-0.05, 0) is 108 Å². The van der Waals surface area contributed by atoms with Gasteiger partial charge in [-0.25, -0.2) is 0 Å². The molecule has 0 radical (unpaired) electrons. The molecular formula is C42H33F6P. The van der Waals surface area contributed by atoms with E-state index in [0.717, 1.165) is 45.3 Å². The van der Waals surface area contributed by atoms with E-state index in [1.54, 1.807) is 12.1 Å². The fraction of sp³-hybridized carbons (Fsp3) is 0.143. The molecule has 0 nitrogen and oxygen atoms in total. The van der Waals surface area contributed by atoms with Crippen LogP contribution in [0.1, 0.15) is 50.1 Å². The topological polar surface area (TPSA) is 0 Å². The number of hydrogen-bond acceptors (Lipinski definition) is 0. The Balaban J connectivity index is 1.64. The van der Waals surface area contributed by atoms with Crippen molar-refractivity contribution in [2.24, 2.45) is 0 Å². The Morgan fingerprint density at radius 3 is 1.08 bits per heavy atom. The average Bonchev–Trinajstić information content (AvgIpc) is 3.07. The van der Waals surface area contributed by atoms with Gasteiger partial charge >= 0.3 is 12.4 Å². The van der Waals surface area contributed by atoms with Gasteiger partial charge in [0.05, 0.1) is 11.1 Å². The highest BCUT2D eigenvalue weighted by Crippen LogP contribution is 2.41. The maximum Gasteiger partial charge on any atom is 0.416 e. The lowest BCUT2D eigenvalue weighted by Gasteiger charge is -2.28. The lowest BCUT2D eigenvalue weighted by molar-refractivity contribution is -0.138. The van der Waals surface area contributed by atoms with Gasteiger partial charge in [-0.15, -0.1) is 0 Å². The van der Waals surface area contributed by atoms with Gasteiger partial charge in [0.1, 0.15) is 0 Å². The smallest absolute Gasteiger partial charge is 0.166 e. The van der Waals surface area contributed by atoms with Crippen molar-refractivity contribution < 1.29 is 26.3 Å². The van der Waals surface area contributed by atoms with Crippen LogP contribution in [0.15, 0.2) is 146 Å². The Labute approximate surface area is 283 Å². The zero-order valence-electron chi connectivity index (χ0n) is 26.7. The fourth-order valence-electron chi connectivity index (χ4n) is 6.15. The Morgan fingerprint density at radius 1 is 0.408 bits per heavy atom. The van der Waals surface area contributed by atoms with Crippen LogP contribution in [0.4, 0.5) is 26.3 Å². The lowest BCUT2D eigenvalue weighted by Crippen LogP contribution is -2.29. The van der Waals surface area contributed by atoms with Gasteiger partial charge in [-0.2, -0.15) is 26.3 Å². The molecule has 0 amide bonds. The molecule has 49 heavy (non-hydrogen) atoms. The molecule has 6 rings (SSSR count). The summed E-state index contributed by atoms with van der Waals surface area (Å²) in [6.45, 7) is 1.98. The van der Waals surface area contributed by atoms with Gasteiger partial charge in [0.25, 0.3) is 0 Å². The van der Waals surface area contributed by atoms with Gasteiger partial charge in [0, 0.05) is 0 Å². The van der Waals surface area contributed by atoms with Crippen LogP contribution < -0.4 is 15.9 Å². The SMILES string of the molecule is Cc1ccc(P(c2ccc(C(F)(F)F)cc2Cc2ccccc2)c2ccc(C(F)(F)F)cc2Cc2ccccc2)c(Cc2ccccc2)c1. The first-order chi connectivity index (χ1) is 23.5. The first-order valence-corrected chi connectivity index (χ1v) is 17.2. The van der Waals surface area contributed by atoms with Crippen LogP contribution in [0.5, 0.6) is 0 Å².